The maximum Gasteiger partial charge on any atom is 0.197 e. The Kier molecular flexibility index (Phi) is 3.58. The first-order valence-corrected chi connectivity index (χ1v) is 5.78. The largest absolute Gasteiger partial charge is 0.354 e. The Morgan fingerprint density at radius 1 is 1.39 bits per heavy atom. The number of carbonyl (C=O) groups is 1. The van der Waals surface area contributed by atoms with E-state index in [4.69, 9.17) is 5.73 Å². The van der Waals surface area contributed by atoms with E-state index in [9.17, 15) is 9.18 Å². The van der Waals surface area contributed by atoms with Crippen molar-refractivity contribution in [3.05, 3.63) is 59.2 Å². The molecule has 0 fully saturated rings. The van der Waals surface area contributed by atoms with Gasteiger partial charge in [0.25, 0.3) is 0 Å². The standard InChI is InChI=1S/C14H15FN2O/c1-17-9-10(8-11(17)6-7-16)14(18)12-4-2-3-5-13(12)15/h2-5,8-9H,6-7,16H2,1H3. The molecule has 2 rings (SSSR count). The van der Waals surface area contributed by atoms with Crippen LogP contribution in [0.4, 0.5) is 4.39 Å². The molecule has 2 aromatic rings. The average molecular weight is 246 g/mol. The van der Waals surface area contributed by atoms with E-state index in [2.05, 4.69) is 0 Å². The number of nitrogens with zero attached hydrogens (tertiary/aromatic N) is 1. The van der Waals surface area contributed by atoms with Crippen molar-refractivity contribution in [3.8, 4) is 0 Å². The molecule has 0 amide bonds. The molecular weight excluding hydrogens is 231 g/mol. The second-order valence-electron chi connectivity index (χ2n) is 4.18. The number of carbonyl (C=O) groups excluding carboxylic acids is 1. The maximum atomic E-state index is 13.5. The lowest BCUT2D eigenvalue weighted by molar-refractivity contribution is 0.103. The normalized spacial score (nSPS) is 10.6. The lowest BCUT2D eigenvalue weighted by atomic mass is 10.1. The minimum atomic E-state index is -0.494. The van der Waals surface area contributed by atoms with Crippen molar-refractivity contribution >= 4 is 5.78 Å². The zero-order valence-corrected chi connectivity index (χ0v) is 10.2. The van der Waals surface area contributed by atoms with Gasteiger partial charge < -0.3 is 10.3 Å². The predicted octanol–water partition coefficient (Wildman–Crippen LogP) is 1.90. The van der Waals surface area contributed by atoms with E-state index in [1.807, 2.05) is 11.6 Å². The molecule has 0 spiro atoms. The number of ketones is 1. The first-order chi connectivity index (χ1) is 8.63. The van der Waals surface area contributed by atoms with Gasteiger partial charge in [-0.15, -0.1) is 0 Å². The van der Waals surface area contributed by atoms with Crippen LogP contribution in [0, 0.1) is 5.82 Å². The number of halogens is 1. The van der Waals surface area contributed by atoms with Gasteiger partial charge in [-0.1, -0.05) is 12.1 Å². The summed E-state index contributed by atoms with van der Waals surface area (Å²) in [6, 6.07) is 7.77. The Morgan fingerprint density at radius 3 is 2.78 bits per heavy atom. The summed E-state index contributed by atoms with van der Waals surface area (Å²) in [6.45, 7) is 0.519. The van der Waals surface area contributed by atoms with Crippen LogP contribution in [0.3, 0.4) is 0 Å². The quantitative estimate of drug-likeness (QED) is 0.837. The van der Waals surface area contributed by atoms with Crippen molar-refractivity contribution < 1.29 is 9.18 Å². The summed E-state index contributed by atoms with van der Waals surface area (Å²) < 4.78 is 15.4. The number of rotatable bonds is 4. The van der Waals surface area contributed by atoms with Gasteiger partial charge in [0, 0.05) is 24.5 Å². The minimum Gasteiger partial charge on any atom is -0.354 e. The van der Waals surface area contributed by atoms with Crippen LogP contribution in [-0.2, 0) is 13.5 Å². The molecule has 0 aliphatic heterocycles. The predicted molar refractivity (Wildman–Crippen MR) is 68.0 cm³/mol. The van der Waals surface area contributed by atoms with Crippen molar-refractivity contribution in [2.75, 3.05) is 6.54 Å². The van der Waals surface area contributed by atoms with Crippen LogP contribution in [0.2, 0.25) is 0 Å². The van der Waals surface area contributed by atoms with Gasteiger partial charge in [0.15, 0.2) is 5.78 Å². The molecule has 2 N–H and O–H groups in total. The fourth-order valence-corrected chi connectivity index (χ4v) is 1.93. The molecule has 4 heteroatoms. The second-order valence-corrected chi connectivity index (χ2v) is 4.18. The Morgan fingerprint density at radius 2 is 2.11 bits per heavy atom. The molecule has 0 saturated carbocycles. The van der Waals surface area contributed by atoms with Crippen molar-refractivity contribution in [2.24, 2.45) is 12.8 Å². The third-order valence-electron chi connectivity index (χ3n) is 2.89. The van der Waals surface area contributed by atoms with Gasteiger partial charge in [-0.25, -0.2) is 4.39 Å². The van der Waals surface area contributed by atoms with Crippen molar-refractivity contribution in [3.63, 3.8) is 0 Å². The zero-order chi connectivity index (χ0) is 13.1. The van der Waals surface area contributed by atoms with Crippen LogP contribution in [0.15, 0.2) is 36.5 Å². The smallest absolute Gasteiger partial charge is 0.197 e. The van der Waals surface area contributed by atoms with Gasteiger partial charge in [0.1, 0.15) is 5.82 Å². The first kappa shape index (κ1) is 12.5. The Bertz CT molecular complexity index is 575. The summed E-state index contributed by atoms with van der Waals surface area (Å²) >= 11 is 0. The molecule has 0 unspecified atom stereocenters. The number of hydrogen-bond acceptors (Lipinski definition) is 2. The molecule has 3 nitrogen and oxygen atoms in total. The van der Waals surface area contributed by atoms with Crippen LogP contribution in [-0.4, -0.2) is 16.9 Å². The molecule has 1 aromatic heterocycles. The molecular formula is C14H15FN2O. The third-order valence-corrected chi connectivity index (χ3v) is 2.89. The molecule has 0 aliphatic carbocycles. The monoisotopic (exact) mass is 246 g/mol. The molecule has 0 aliphatic rings. The average Bonchev–Trinajstić information content (AvgIpc) is 2.71. The lowest BCUT2D eigenvalue weighted by Crippen LogP contribution is -2.05. The van der Waals surface area contributed by atoms with Gasteiger partial charge >= 0.3 is 0 Å². The Hall–Kier alpha value is -1.94. The molecule has 0 radical (unpaired) electrons. The summed E-state index contributed by atoms with van der Waals surface area (Å²) in [4.78, 5) is 12.2. The van der Waals surface area contributed by atoms with Crippen LogP contribution < -0.4 is 5.73 Å². The first-order valence-electron chi connectivity index (χ1n) is 5.78. The summed E-state index contributed by atoms with van der Waals surface area (Å²) in [5.74, 6) is -0.793. The Balaban J connectivity index is 2.35. The number of hydrogen-bond donors (Lipinski definition) is 1. The molecule has 0 atom stereocenters. The highest BCUT2D eigenvalue weighted by Gasteiger charge is 2.15. The van der Waals surface area contributed by atoms with Crippen molar-refractivity contribution in [2.45, 2.75) is 6.42 Å². The molecule has 0 saturated heterocycles. The third kappa shape index (κ3) is 2.33. The summed E-state index contributed by atoms with van der Waals surface area (Å²) in [5, 5.41) is 0. The van der Waals surface area contributed by atoms with E-state index in [1.54, 1.807) is 24.4 Å². The van der Waals surface area contributed by atoms with Gasteiger partial charge in [-0.05, 0) is 31.2 Å². The summed E-state index contributed by atoms with van der Waals surface area (Å²) in [5.41, 5.74) is 7.05. The van der Waals surface area contributed by atoms with Crippen LogP contribution >= 0.6 is 0 Å². The summed E-state index contributed by atoms with van der Waals surface area (Å²) in [7, 11) is 1.85. The maximum absolute atomic E-state index is 13.5. The van der Waals surface area contributed by atoms with Gasteiger partial charge in [-0.2, -0.15) is 0 Å². The molecule has 0 bridgehead atoms. The molecule has 1 heterocycles. The lowest BCUT2D eigenvalue weighted by Gasteiger charge is -1.99. The van der Waals surface area contributed by atoms with E-state index in [0.29, 0.717) is 18.5 Å². The summed E-state index contributed by atoms with van der Waals surface area (Å²) in [6.07, 6.45) is 2.40. The highest BCUT2D eigenvalue weighted by molar-refractivity contribution is 6.09. The number of nitrogens with two attached hydrogens (primary N) is 1. The topological polar surface area (TPSA) is 48.0 Å². The fraction of sp³-hybridized carbons (Fsp3) is 0.214. The highest BCUT2D eigenvalue weighted by atomic mass is 19.1. The molecule has 94 valence electrons. The highest BCUT2D eigenvalue weighted by Crippen LogP contribution is 2.15. The van der Waals surface area contributed by atoms with E-state index in [-0.39, 0.29) is 11.3 Å². The van der Waals surface area contributed by atoms with Gasteiger partial charge in [0.05, 0.1) is 5.56 Å². The van der Waals surface area contributed by atoms with Crippen LogP contribution in [0.25, 0.3) is 0 Å². The fourth-order valence-electron chi connectivity index (χ4n) is 1.93. The van der Waals surface area contributed by atoms with Gasteiger partial charge in [0.2, 0.25) is 0 Å². The zero-order valence-electron chi connectivity index (χ0n) is 10.2. The minimum absolute atomic E-state index is 0.0994. The second kappa shape index (κ2) is 5.14. The molecule has 1 aromatic carbocycles. The van der Waals surface area contributed by atoms with Crippen LogP contribution in [0.5, 0.6) is 0 Å². The van der Waals surface area contributed by atoms with Crippen LogP contribution in [0.1, 0.15) is 21.6 Å². The van der Waals surface area contributed by atoms with E-state index in [1.165, 1.54) is 12.1 Å². The SMILES string of the molecule is Cn1cc(C(=O)c2ccccc2F)cc1CCN. The van der Waals surface area contributed by atoms with E-state index >= 15 is 0 Å². The molecule has 18 heavy (non-hydrogen) atoms. The number of benzene rings is 1. The number of aromatic nitrogens is 1. The van der Waals surface area contributed by atoms with E-state index < -0.39 is 5.82 Å². The number of aryl methyl sites for hydroxylation is 1. The Labute approximate surface area is 105 Å². The van der Waals surface area contributed by atoms with Crippen molar-refractivity contribution in [1.82, 2.24) is 4.57 Å². The van der Waals surface area contributed by atoms with Gasteiger partial charge in [-0.3, -0.25) is 4.79 Å². The van der Waals surface area contributed by atoms with E-state index in [0.717, 1.165) is 5.69 Å². The van der Waals surface area contributed by atoms with Crippen molar-refractivity contribution in [1.29, 1.82) is 0 Å².